The van der Waals surface area contributed by atoms with Crippen molar-refractivity contribution < 1.29 is 37.0 Å². The Morgan fingerprint density at radius 1 is 1.33 bits per heavy atom. The Kier molecular flexibility index (Phi) is 5.00. The van der Waals surface area contributed by atoms with E-state index in [1.165, 1.54) is 24.3 Å². The van der Waals surface area contributed by atoms with Gasteiger partial charge >= 0.3 is 12.1 Å². The molecule has 1 atom stereocenters. The number of benzene rings is 1. The molecule has 1 aliphatic rings. The van der Waals surface area contributed by atoms with Crippen LogP contribution in [-0.2, 0) is 16.0 Å². The number of alkyl halides is 4. The minimum Gasteiger partial charge on any atom is -0.484 e. The first-order valence-corrected chi connectivity index (χ1v) is 7.08. The average Bonchev–Trinajstić information content (AvgIpc) is 2.89. The van der Waals surface area contributed by atoms with Crippen molar-refractivity contribution in [2.24, 2.45) is 0 Å². The number of halogens is 4. The third kappa shape index (κ3) is 4.59. The number of carboxylic acids is 1. The molecule has 1 aromatic rings. The molecular weight excluding hydrogens is 334 g/mol. The van der Waals surface area contributed by atoms with Crippen molar-refractivity contribution in [3.8, 4) is 5.75 Å². The van der Waals surface area contributed by atoms with Crippen LogP contribution < -0.4 is 4.74 Å². The van der Waals surface area contributed by atoms with Gasteiger partial charge in [0.05, 0.1) is 13.0 Å². The van der Waals surface area contributed by atoms with Gasteiger partial charge in [-0.15, -0.1) is 0 Å². The monoisotopic (exact) mass is 349 g/mol. The number of hydrogen-bond acceptors (Lipinski definition) is 3. The van der Waals surface area contributed by atoms with E-state index in [4.69, 9.17) is 5.11 Å². The van der Waals surface area contributed by atoms with Crippen molar-refractivity contribution in [2.45, 2.75) is 24.7 Å². The summed E-state index contributed by atoms with van der Waals surface area (Å²) < 4.78 is 54.9. The Hall–Kier alpha value is -2.32. The van der Waals surface area contributed by atoms with Crippen molar-refractivity contribution in [3.63, 3.8) is 0 Å². The molecule has 1 fully saturated rings. The van der Waals surface area contributed by atoms with Gasteiger partial charge in [0.25, 0.3) is 0 Å². The van der Waals surface area contributed by atoms with E-state index in [-0.39, 0.29) is 25.1 Å². The highest BCUT2D eigenvalue weighted by Gasteiger charge is 2.46. The second-order valence-electron chi connectivity index (χ2n) is 5.56. The van der Waals surface area contributed by atoms with Gasteiger partial charge in [-0.3, -0.25) is 4.79 Å². The summed E-state index contributed by atoms with van der Waals surface area (Å²) in [5.41, 5.74) is -2.06. The van der Waals surface area contributed by atoms with Gasteiger partial charge in [-0.1, -0.05) is 12.1 Å². The Morgan fingerprint density at radius 3 is 2.62 bits per heavy atom. The quantitative estimate of drug-likeness (QED) is 0.828. The number of ether oxygens (including phenoxy) is 1. The molecule has 5 nitrogen and oxygen atoms in total. The lowest BCUT2D eigenvalue weighted by atomic mass is 10.1. The van der Waals surface area contributed by atoms with Crippen molar-refractivity contribution in [3.05, 3.63) is 29.8 Å². The number of carboxylic acid groups (broad SMARTS) is 1. The fourth-order valence-electron chi connectivity index (χ4n) is 2.36. The van der Waals surface area contributed by atoms with Crippen LogP contribution in [-0.4, -0.2) is 53.4 Å². The summed E-state index contributed by atoms with van der Waals surface area (Å²) in [4.78, 5) is 24.0. The third-order valence-corrected chi connectivity index (χ3v) is 3.61. The summed E-state index contributed by atoms with van der Waals surface area (Å²) in [6.07, 6.45) is -4.94. The molecule has 1 N–H and O–H groups in total. The lowest BCUT2D eigenvalue weighted by molar-refractivity contribution is -0.153. The summed E-state index contributed by atoms with van der Waals surface area (Å²) in [5.74, 6) is -2.14. The molecular formula is C15H15F4NO4. The van der Waals surface area contributed by atoms with E-state index in [0.717, 1.165) is 4.90 Å². The maximum atomic E-state index is 13.9. The highest BCUT2D eigenvalue weighted by Crippen LogP contribution is 2.27. The van der Waals surface area contributed by atoms with Crippen molar-refractivity contribution in [1.29, 1.82) is 0 Å². The molecule has 1 heterocycles. The van der Waals surface area contributed by atoms with E-state index in [1.54, 1.807) is 0 Å². The number of aliphatic carboxylic acids is 1. The van der Waals surface area contributed by atoms with Crippen LogP contribution in [0.15, 0.2) is 24.3 Å². The average molecular weight is 349 g/mol. The van der Waals surface area contributed by atoms with Crippen LogP contribution in [0.25, 0.3) is 0 Å². The summed E-state index contributed by atoms with van der Waals surface area (Å²) in [5, 5.41) is 8.80. The second kappa shape index (κ2) is 6.66. The molecule has 1 aromatic carbocycles. The number of rotatable bonds is 5. The van der Waals surface area contributed by atoms with Crippen molar-refractivity contribution >= 4 is 11.9 Å². The standard InChI is InChI=1S/C15H15F4NO4/c16-14(13(22)23)4-5-20(8-14)12(21)7-10-2-1-3-11(6-10)24-9-15(17,18)19/h1-3,6H,4-5,7-9H2,(H,22,23). The van der Waals surface area contributed by atoms with Gasteiger partial charge in [-0.2, -0.15) is 13.2 Å². The minimum absolute atomic E-state index is 0.0219. The molecule has 0 bridgehead atoms. The summed E-state index contributed by atoms with van der Waals surface area (Å²) in [7, 11) is 0. The molecule has 1 saturated heterocycles. The van der Waals surface area contributed by atoms with Gasteiger partial charge in [-0.05, 0) is 17.7 Å². The highest BCUT2D eigenvalue weighted by atomic mass is 19.4. The molecule has 0 spiro atoms. The van der Waals surface area contributed by atoms with E-state index in [0.29, 0.717) is 5.56 Å². The molecule has 132 valence electrons. The first kappa shape index (κ1) is 18.0. The Bertz CT molecular complexity index is 634. The SMILES string of the molecule is O=C(Cc1cccc(OCC(F)(F)F)c1)N1CCC(F)(C(=O)O)C1. The maximum Gasteiger partial charge on any atom is 0.422 e. The van der Waals surface area contributed by atoms with Gasteiger partial charge in [0.1, 0.15) is 5.75 Å². The van der Waals surface area contributed by atoms with Gasteiger partial charge < -0.3 is 14.7 Å². The van der Waals surface area contributed by atoms with Gasteiger partial charge in [0.2, 0.25) is 11.6 Å². The van der Waals surface area contributed by atoms with E-state index in [9.17, 15) is 27.2 Å². The smallest absolute Gasteiger partial charge is 0.422 e. The van der Waals surface area contributed by atoms with Crippen LogP contribution in [0.3, 0.4) is 0 Å². The zero-order chi connectivity index (χ0) is 18.0. The fraction of sp³-hybridized carbons (Fsp3) is 0.467. The molecule has 0 aromatic heterocycles. The predicted molar refractivity (Wildman–Crippen MR) is 74.4 cm³/mol. The normalized spacial score (nSPS) is 20.9. The van der Waals surface area contributed by atoms with Gasteiger partial charge in [0, 0.05) is 13.0 Å². The van der Waals surface area contributed by atoms with Crippen molar-refractivity contribution in [1.82, 2.24) is 4.90 Å². The minimum atomic E-state index is -4.47. The predicted octanol–water partition coefficient (Wildman–Crippen LogP) is 2.20. The van der Waals surface area contributed by atoms with Crippen LogP contribution in [0.5, 0.6) is 5.75 Å². The summed E-state index contributed by atoms with van der Waals surface area (Å²) in [6.45, 7) is -2.00. The van der Waals surface area contributed by atoms with E-state index >= 15 is 0 Å². The van der Waals surface area contributed by atoms with Gasteiger partial charge in [-0.25, -0.2) is 9.18 Å². The van der Waals surface area contributed by atoms with E-state index < -0.39 is 36.9 Å². The molecule has 0 saturated carbocycles. The molecule has 1 amide bonds. The summed E-state index contributed by atoms with van der Waals surface area (Å²) >= 11 is 0. The van der Waals surface area contributed by atoms with E-state index in [1.807, 2.05) is 0 Å². The van der Waals surface area contributed by atoms with E-state index in [2.05, 4.69) is 4.74 Å². The summed E-state index contributed by atoms with van der Waals surface area (Å²) in [6, 6.07) is 5.58. The number of carbonyl (C=O) groups excluding carboxylic acids is 1. The van der Waals surface area contributed by atoms with Crippen LogP contribution in [0.1, 0.15) is 12.0 Å². The maximum absolute atomic E-state index is 13.9. The number of carbonyl (C=O) groups is 2. The Morgan fingerprint density at radius 2 is 2.04 bits per heavy atom. The fourth-order valence-corrected chi connectivity index (χ4v) is 2.36. The number of nitrogens with zero attached hydrogens (tertiary/aromatic N) is 1. The second-order valence-corrected chi connectivity index (χ2v) is 5.56. The molecule has 0 aliphatic carbocycles. The zero-order valence-electron chi connectivity index (χ0n) is 12.5. The van der Waals surface area contributed by atoms with Crippen LogP contribution in [0.4, 0.5) is 17.6 Å². The number of hydrogen-bond donors (Lipinski definition) is 1. The molecule has 1 aliphatic heterocycles. The first-order valence-electron chi connectivity index (χ1n) is 7.08. The number of likely N-dealkylation sites (tertiary alicyclic amines) is 1. The largest absolute Gasteiger partial charge is 0.484 e. The molecule has 24 heavy (non-hydrogen) atoms. The Balaban J connectivity index is 1.96. The van der Waals surface area contributed by atoms with Crippen molar-refractivity contribution in [2.75, 3.05) is 19.7 Å². The lowest BCUT2D eigenvalue weighted by Gasteiger charge is -2.18. The first-order chi connectivity index (χ1) is 11.1. The lowest BCUT2D eigenvalue weighted by Crippen LogP contribution is -2.39. The topological polar surface area (TPSA) is 66.8 Å². The molecule has 1 unspecified atom stereocenters. The third-order valence-electron chi connectivity index (χ3n) is 3.61. The van der Waals surface area contributed by atoms with Gasteiger partial charge in [0.15, 0.2) is 6.61 Å². The van der Waals surface area contributed by atoms with Crippen LogP contribution >= 0.6 is 0 Å². The molecule has 2 rings (SSSR count). The van der Waals surface area contributed by atoms with Crippen LogP contribution in [0, 0.1) is 0 Å². The van der Waals surface area contributed by atoms with Crippen LogP contribution in [0.2, 0.25) is 0 Å². The molecule has 0 radical (unpaired) electrons. The highest BCUT2D eigenvalue weighted by molar-refractivity contribution is 5.83. The number of amides is 1. The molecule has 9 heteroatoms. The Labute approximate surface area is 134 Å². The zero-order valence-corrected chi connectivity index (χ0v) is 12.5.